The van der Waals surface area contributed by atoms with Crippen LogP contribution in [0, 0.1) is 0 Å². The number of aliphatic carboxylic acids is 1. The minimum atomic E-state index is -2.66. The van der Waals surface area contributed by atoms with Crippen molar-refractivity contribution in [2.24, 2.45) is 0 Å². The molecule has 5 heteroatoms. The van der Waals surface area contributed by atoms with Crippen LogP contribution in [0.1, 0.15) is 103 Å². The van der Waals surface area contributed by atoms with Crippen LogP contribution in [0.25, 0.3) is 0 Å². The van der Waals surface area contributed by atoms with Gasteiger partial charge >= 0.3 is 18.9 Å². The number of hydrogen-bond acceptors (Lipinski definition) is 4. The van der Waals surface area contributed by atoms with Crippen LogP contribution in [0.3, 0.4) is 0 Å². The van der Waals surface area contributed by atoms with Gasteiger partial charge in [-0.15, -0.1) is 0 Å². The molecule has 0 radical (unpaired) electrons. The summed E-state index contributed by atoms with van der Waals surface area (Å²) in [6.45, 7) is 2.24. The van der Waals surface area contributed by atoms with Gasteiger partial charge in [0.15, 0.2) is 0 Å². The van der Waals surface area contributed by atoms with Crippen LogP contribution in [0.2, 0.25) is 0 Å². The van der Waals surface area contributed by atoms with Crippen LogP contribution >= 0.6 is 0 Å². The molecule has 4 nitrogen and oxygen atoms in total. The Hall–Kier alpha value is -0.0126. The third kappa shape index (κ3) is 16.6. The molecule has 0 aromatic heterocycles. The van der Waals surface area contributed by atoms with Gasteiger partial charge in [-0.1, -0.05) is 90.4 Å². The van der Waals surface area contributed by atoms with Crippen molar-refractivity contribution in [3.63, 3.8) is 0 Å². The van der Waals surface area contributed by atoms with Crippen molar-refractivity contribution in [3.05, 3.63) is 0 Å². The van der Waals surface area contributed by atoms with E-state index in [1.807, 2.05) is 0 Å². The summed E-state index contributed by atoms with van der Waals surface area (Å²) in [4.78, 5) is 10.4. The average molecular weight is 322 g/mol. The van der Waals surface area contributed by atoms with Crippen molar-refractivity contribution in [1.82, 2.24) is 0 Å². The Labute approximate surface area is 154 Å². The van der Waals surface area contributed by atoms with E-state index in [0.29, 0.717) is 6.42 Å². The zero-order chi connectivity index (χ0) is 16.7. The van der Waals surface area contributed by atoms with E-state index in [0.717, 1.165) is 19.3 Å². The van der Waals surface area contributed by atoms with Crippen LogP contribution in [-0.4, -0.2) is 22.0 Å². The summed E-state index contributed by atoms with van der Waals surface area (Å²) >= 11 is 0. The average Bonchev–Trinajstić information content (AvgIpc) is 2.47. The Morgan fingerprint density at radius 2 is 1.04 bits per heavy atom. The van der Waals surface area contributed by atoms with E-state index in [1.165, 1.54) is 64.2 Å². The second-order valence-corrected chi connectivity index (χ2v) is 6.45. The number of carboxylic acids is 1. The molecule has 0 saturated carbocycles. The Balaban J connectivity index is 0. The maximum absolute atomic E-state index is 10.4. The predicted molar refractivity (Wildman–Crippen MR) is 87.1 cm³/mol. The molecule has 0 spiro atoms. The van der Waals surface area contributed by atoms with Crippen molar-refractivity contribution in [2.45, 2.75) is 109 Å². The number of unbranched alkanes of at least 4 members (excludes halogenated alkanes) is 13. The fourth-order valence-corrected chi connectivity index (χ4v) is 2.67. The van der Waals surface area contributed by atoms with Gasteiger partial charge in [0.05, 0.1) is 0 Å². The molecule has 0 fully saturated rings. The standard InChI is InChI=1S/C18H36O4.Li/c1-2-3-4-5-6-7-8-9-10-11-12-13-14-15-16-18(21,22)17(19)20;/h21-22H,2-16H2,1H3,(H,19,20);/q;+1/p-1. The minimum absolute atomic E-state index is 0. The molecule has 23 heavy (non-hydrogen) atoms. The molecule has 0 unspecified atom stereocenters. The van der Waals surface area contributed by atoms with Gasteiger partial charge in [0.1, 0.15) is 5.97 Å². The quantitative estimate of drug-likeness (QED) is 0.243. The van der Waals surface area contributed by atoms with Crippen LogP contribution in [0.4, 0.5) is 0 Å². The first-order chi connectivity index (χ1) is 10.5. The smallest absolute Gasteiger partial charge is 0.544 e. The first kappa shape index (κ1) is 25.2. The molecule has 0 saturated heterocycles. The fraction of sp³-hybridized carbons (Fsp3) is 0.944. The van der Waals surface area contributed by atoms with Crippen molar-refractivity contribution >= 4 is 5.97 Å². The second-order valence-electron chi connectivity index (χ2n) is 6.45. The van der Waals surface area contributed by atoms with E-state index >= 15 is 0 Å². The van der Waals surface area contributed by atoms with Crippen molar-refractivity contribution in [1.29, 1.82) is 0 Å². The molecule has 2 N–H and O–H groups in total. The van der Waals surface area contributed by atoms with Crippen molar-refractivity contribution < 1.29 is 39.0 Å². The third-order valence-corrected chi connectivity index (χ3v) is 4.21. The van der Waals surface area contributed by atoms with E-state index in [9.17, 15) is 9.90 Å². The Morgan fingerprint density at radius 1 is 0.739 bits per heavy atom. The number of hydrogen-bond donors (Lipinski definition) is 2. The minimum Gasteiger partial charge on any atom is -0.544 e. The van der Waals surface area contributed by atoms with Gasteiger partial charge in [-0.25, -0.2) is 0 Å². The summed E-state index contributed by atoms with van der Waals surface area (Å²) in [7, 11) is 0. The summed E-state index contributed by atoms with van der Waals surface area (Å²) < 4.78 is 0. The van der Waals surface area contributed by atoms with Gasteiger partial charge in [-0.2, -0.15) is 0 Å². The topological polar surface area (TPSA) is 80.6 Å². The van der Waals surface area contributed by atoms with E-state index in [1.54, 1.807) is 0 Å². The molecule has 0 aromatic rings. The summed E-state index contributed by atoms with van der Waals surface area (Å²) in [5, 5.41) is 28.5. The van der Waals surface area contributed by atoms with E-state index < -0.39 is 11.8 Å². The molecule has 0 aliphatic rings. The van der Waals surface area contributed by atoms with Crippen molar-refractivity contribution in [3.8, 4) is 0 Å². The molecule has 0 bridgehead atoms. The van der Waals surface area contributed by atoms with E-state index in [2.05, 4.69) is 6.92 Å². The van der Waals surface area contributed by atoms with Crippen LogP contribution < -0.4 is 24.0 Å². The van der Waals surface area contributed by atoms with Gasteiger partial charge in [-0.05, 0) is 6.42 Å². The number of carbonyl (C=O) groups excluding carboxylic acids is 1. The van der Waals surface area contributed by atoms with Gasteiger partial charge in [-0.3, -0.25) is 0 Å². The predicted octanol–water partition coefficient (Wildman–Crippen LogP) is 0.293. The molecule has 0 aromatic carbocycles. The molecule has 132 valence electrons. The first-order valence-electron chi connectivity index (χ1n) is 9.17. The Kier molecular flexibility index (Phi) is 18.5. The molecule has 0 amide bonds. The van der Waals surface area contributed by atoms with Gasteiger partial charge < -0.3 is 20.1 Å². The van der Waals surface area contributed by atoms with Crippen LogP contribution in [0.15, 0.2) is 0 Å². The maximum Gasteiger partial charge on any atom is 1.00 e. The fourth-order valence-electron chi connectivity index (χ4n) is 2.67. The molecular weight excluding hydrogens is 287 g/mol. The summed E-state index contributed by atoms with van der Waals surface area (Å²) in [6.07, 6.45) is 16.7. The SMILES string of the molecule is CCCCCCCCCCCCCCCCC(O)(O)C(=O)[O-].[Li+]. The zero-order valence-electron chi connectivity index (χ0n) is 15.3. The maximum atomic E-state index is 10.4. The van der Waals surface area contributed by atoms with E-state index in [-0.39, 0.29) is 25.3 Å². The number of carboxylic acid groups (broad SMARTS) is 1. The molecule has 0 atom stereocenters. The second kappa shape index (κ2) is 16.8. The van der Waals surface area contributed by atoms with Crippen LogP contribution in [-0.2, 0) is 4.79 Å². The van der Waals surface area contributed by atoms with Gasteiger partial charge in [0.25, 0.3) is 0 Å². The Morgan fingerprint density at radius 3 is 1.35 bits per heavy atom. The Bertz CT molecular complexity index is 270. The molecule has 0 heterocycles. The normalized spacial score (nSPS) is 11.3. The monoisotopic (exact) mass is 322 g/mol. The summed E-state index contributed by atoms with van der Waals surface area (Å²) in [6, 6.07) is 0. The molecule has 0 aliphatic heterocycles. The van der Waals surface area contributed by atoms with Crippen molar-refractivity contribution in [2.75, 3.05) is 0 Å². The largest absolute Gasteiger partial charge is 1.00 e. The number of rotatable bonds is 16. The van der Waals surface area contributed by atoms with Gasteiger partial charge in [0, 0.05) is 6.42 Å². The van der Waals surface area contributed by atoms with E-state index in [4.69, 9.17) is 10.2 Å². The number of carbonyl (C=O) groups is 1. The number of aliphatic hydroxyl groups is 2. The van der Waals surface area contributed by atoms with Crippen LogP contribution in [0.5, 0.6) is 0 Å². The van der Waals surface area contributed by atoms with Gasteiger partial charge in [0.2, 0.25) is 5.79 Å². The first-order valence-corrected chi connectivity index (χ1v) is 9.17. The molecular formula is C18H35LiO4. The molecule has 0 rings (SSSR count). The summed E-state index contributed by atoms with van der Waals surface area (Å²) in [5.41, 5.74) is 0. The summed E-state index contributed by atoms with van der Waals surface area (Å²) in [5.74, 6) is -4.46. The third-order valence-electron chi connectivity index (χ3n) is 4.21. The zero-order valence-corrected chi connectivity index (χ0v) is 15.3. The molecule has 0 aliphatic carbocycles.